The Morgan fingerprint density at radius 3 is 2.67 bits per heavy atom. The Morgan fingerprint density at radius 1 is 1.19 bits per heavy atom. The molecule has 2 nitrogen and oxygen atoms in total. The fourth-order valence-corrected chi connectivity index (χ4v) is 2.20. The van der Waals surface area contributed by atoms with E-state index in [2.05, 4.69) is 0 Å². The molecule has 0 aliphatic carbocycles. The Kier molecular flexibility index (Phi) is 5.15. The average Bonchev–Trinajstić information content (AvgIpc) is 2.38. The zero-order valence-electron chi connectivity index (χ0n) is 11.6. The molecule has 0 heterocycles. The third-order valence-corrected chi connectivity index (χ3v) is 3.13. The molecule has 0 saturated carbocycles. The minimum atomic E-state index is -0.411. The molecular formula is C16H16ClF2NO. The van der Waals surface area contributed by atoms with E-state index in [1.54, 1.807) is 6.07 Å². The lowest BCUT2D eigenvalue weighted by Crippen LogP contribution is -2.17. The highest BCUT2D eigenvalue weighted by Gasteiger charge is 2.07. The smallest absolute Gasteiger partial charge is 0.129 e. The summed E-state index contributed by atoms with van der Waals surface area (Å²) in [6.45, 7) is 1.82. The van der Waals surface area contributed by atoms with Crippen molar-refractivity contribution in [2.45, 2.75) is 26.0 Å². The summed E-state index contributed by atoms with van der Waals surface area (Å²) in [6, 6.07) is 8.51. The van der Waals surface area contributed by atoms with Crippen molar-refractivity contribution in [1.29, 1.82) is 0 Å². The molecular weight excluding hydrogens is 296 g/mol. The summed E-state index contributed by atoms with van der Waals surface area (Å²) in [6.07, 6.45) is 0.541. The summed E-state index contributed by atoms with van der Waals surface area (Å²) in [5, 5.41) is 0.423. The van der Waals surface area contributed by atoms with Crippen LogP contribution in [0.25, 0.3) is 0 Å². The van der Waals surface area contributed by atoms with Crippen LogP contribution in [0.4, 0.5) is 8.78 Å². The maximum absolute atomic E-state index is 13.6. The van der Waals surface area contributed by atoms with E-state index in [1.165, 1.54) is 30.3 Å². The number of ether oxygens (including phenoxy) is 1. The van der Waals surface area contributed by atoms with Gasteiger partial charge in [0.25, 0.3) is 0 Å². The quantitative estimate of drug-likeness (QED) is 0.902. The maximum atomic E-state index is 13.6. The van der Waals surface area contributed by atoms with Gasteiger partial charge in [0.05, 0.1) is 0 Å². The Balaban J connectivity index is 2.12. The predicted molar refractivity (Wildman–Crippen MR) is 79.5 cm³/mol. The van der Waals surface area contributed by atoms with Gasteiger partial charge < -0.3 is 10.5 Å². The van der Waals surface area contributed by atoms with E-state index in [9.17, 15) is 8.78 Å². The van der Waals surface area contributed by atoms with Crippen LogP contribution < -0.4 is 10.5 Å². The lowest BCUT2D eigenvalue weighted by atomic mass is 10.1. The molecule has 0 bridgehead atoms. The number of nitrogens with two attached hydrogens (primary N) is 1. The van der Waals surface area contributed by atoms with E-state index >= 15 is 0 Å². The summed E-state index contributed by atoms with van der Waals surface area (Å²) < 4.78 is 32.6. The average molecular weight is 312 g/mol. The maximum Gasteiger partial charge on any atom is 0.129 e. The van der Waals surface area contributed by atoms with E-state index in [4.69, 9.17) is 22.1 Å². The molecule has 2 N–H and O–H groups in total. The van der Waals surface area contributed by atoms with E-state index in [-0.39, 0.29) is 12.6 Å². The van der Waals surface area contributed by atoms with Crippen LogP contribution in [0.2, 0.25) is 5.02 Å². The molecule has 1 atom stereocenters. The Bertz CT molecular complexity index is 632. The van der Waals surface area contributed by atoms with Gasteiger partial charge in [-0.1, -0.05) is 11.6 Å². The summed E-state index contributed by atoms with van der Waals surface area (Å²) in [5.74, 6) is -0.480. The second-order valence-corrected chi connectivity index (χ2v) is 5.44. The van der Waals surface area contributed by atoms with Crippen molar-refractivity contribution in [2.75, 3.05) is 0 Å². The van der Waals surface area contributed by atoms with Gasteiger partial charge in [-0.25, -0.2) is 8.78 Å². The fraction of sp³-hybridized carbons (Fsp3) is 0.250. The lowest BCUT2D eigenvalue weighted by Gasteiger charge is -2.11. The van der Waals surface area contributed by atoms with Crippen molar-refractivity contribution in [3.8, 4) is 5.75 Å². The molecule has 0 amide bonds. The van der Waals surface area contributed by atoms with Gasteiger partial charge in [-0.05, 0) is 49.2 Å². The van der Waals surface area contributed by atoms with Crippen LogP contribution in [0.3, 0.4) is 0 Å². The second kappa shape index (κ2) is 6.87. The van der Waals surface area contributed by atoms with E-state index in [0.29, 0.717) is 22.8 Å². The Hall–Kier alpha value is -1.65. The summed E-state index contributed by atoms with van der Waals surface area (Å²) >= 11 is 5.81. The minimum absolute atomic E-state index is 0.0204. The molecule has 0 radical (unpaired) electrons. The topological polar surface area (TPSA) is 35.2 Å². The molecule has 21 heavy (non-hydrogen) atoms. The molecule has 1 unspecified atom stereocenters. The van der Waals surface area contributed by atoms with Crippen molar-refractivity contribution >= 4 is 11.6 Å². The molecule has 0 aromatic heterocycles. The number of rotatable bonds is 5. The monoisotopic (exact) mass is 311 g/mol. The number of hydrogen-bond donors (Lipinski definition) is 1. The highest BCUT2D eigenvalue weighted by molar-refractivity contribution is 6.30. The van der Waals surface area contributed by atoms with Crippen molar-refractivity contribution in [2.24, 2.45) is 5.73 Å². The predicted octanol–water partition coefficient (Wildman–Crippen LogP) is 4.09. The first-order chi connectivity index (χ1) is 9.94. The summed E-state index contributed by atoms with van der Waals surface area (Å²) in [4.78, 5) is 0. The molecule has 0 saturated heterocycles. The van der Waals surface area contributed by atoms with Gasteiger partial charge in [-0.3, -0.25) is 0 Å². The lowest BCUT2D eigenvalue weighted by molar-refractivity contribution is 0.298. The van der Waals surface area contributed by atoms with Crippen LogP contribution in [0.15, 0.2) is 36.4 Å². The van der Waals surface area contributed by atoms with Gasteiger partial charge in [0.15, 0.2) is 0 Å². The second-order valence-electron chi connectivity index (χ2n) is 5.00. The number of hydrogen-bond acceptors (Lipinski definition) is 2. The van der Waals surface area contributed by atoms with Crippen molar-refractivity contribution in [3.05, 3.63) is 64.2 Å². The van der Waals surface area contributed by atoms with E-state index in [0.717, 1.165) is 5.56 Å². The van der Waals surface area contributed by atoms with Crippen LogP contribution in [0.5, 0.6) is 5.75 Å². The molecule has 2 aromatic rings. The highest BCUT2D eigenvalue weighted by atomic mass is 35.5. The van der Waals surface area contributed by atoms with Gasteiger partial charge in [0, 0.05) is 22.7 Å². The molecule has 0 aliphatic heterocycles. The van der Waals surface area contributed by atoms with E-state index in [1.807, 2.05) is 6.92 Å². The van der Waals surface area contributed by atoms with Gasteiger partial charge in [0.2, 0.25) is 0 Å². The van der Waals surface area contributed by atoms with Gasteiger partial charge in [0.1, 0.15) is 24.0 Å². The van der Waals surface area contributed by atoms with Gasteiger partial charge in [-0.15, -0.1) is 0 Å². The molecule has 112 valence electrons. The zero-order valence-corrected chi connectivity index (χ0v) is 12.3. The SMILES string of the molecule is CC(N)Cc1cc(F)cc(OCc2cc(Cl)ccc2F)c1. The van der Waals surface area contributed by atoms with Crippen molar-refractivity contribution in [1.82, 2.24) is 0 Å². The molecule has 0 spiro atoms. The fourth-order valence-electron chi connectivity index (χ4n) is 2.01. The molecule has 5 heteroatoms. The minimum Gasteiger partial charge on any atom is -0.489 e. The van der Waals surface area contributed by atoms with Crippen molar-refractivity contribution in [3.63, 3.8) is 0 Å². The van der Waals surface area contributed by atoms with Gasteiger partial charge in [-0.2, -0.15) is 0 Å². The van der Waals surface area contributed by atoms with Crippen LogP contribution >= 0.6 is 11.6 Å². The summed E-state index contributed by atoms with van der Waals surface area (Å²) in [5.41, 5.74) is 6.76. The third kappa shape index (κ3) is 4.69. The first-order valence-corrected chi connectivity index (χ1v) is 6.93. The van der Waals surface area contributed by atoms with Crippen molar-refractivity contribution < 1.29 is 13.5 Å². The number of halogens is 3. The first kappa shape index (κ1) is 15.7. The standard InChI is InChI=1S/C16H16ClF2NO/c1-10(20)4-11-5-14(18)8-15(6-11)21-9-12-7-13(17)2-3-16(12)19/h2-3,5-8,10H,4,9,20H2,1H3. The third-order valence-electron chi connectivity index (χ3n) is 2.89. The Morgan fingerprint density at radius 2 is 1.95 bits per heavy atom. The summed E-state index contributed by atoms with van der Waals surface area (Å²) in [7, 11) is 0. The molecule has 2 aromatic carbocycles. The van der Waals surface area contributed by atoms with Crippen LogP contribution in [-0.2, 0) is 13.0 Å². The van der Waals surface area contributed by atoms with E-state index < -0.39 is 11.6 Å². The Labute approximate surface area is 127 Å². The largest absolute Gasteiger partial charge is 0.489 e. The normalized spacial score (nSPS) is 12.2. The van der Waals surface area contributed by atoms with Gasteiger partial charge >= 0.3 is 0 Å². The molecule has 0 fully saturated rings. The first-order valence-electron chi connectivity index (χ1n) is 6.56. The van der Waals surface area contributed by atoms with Crippen LogP contribution in [0, 0.1) is 11.6 Å². The van der Waals surface area contributed by atoms with Crippen LogP contribution in [0.1, 0.15) is 18.1 Å². The number of benzene rings is 2. The molecule has 2 rings (SSSR count). The van der Waals surface area contributed by atoms with Crippen LogP contribution in [-0.4, -0.2) is 6.04 Å². The zero-order chi connectivity index (χ0) is 15.4. The molecule has 0 aliphatic rings. The highest BCUT2D eigenvalue weighted by Crippen LogP contribution is 2.21.